The molecule has 6 nitrogen and oxygen atoms in total. The second-order valence-corrected chi connectivity index (χ2v) is 7.58. The SMILES string of the molecule is CC(CC1=CCCCC1)(NS(=O)(=O)c1ccoc1Cl)C(=O)O. The van der Waals surface area contributed by atoms with Crippen molar-refractivity contribution < 1.29 is 22.7 Å². The molecule has 2 N–H and O–H groups in total. The van der Waals surface area contributed by atoms with E-state index in [2.05, 4.69) is 4.72 Å². The van der Waals surface area contributed by atoms with E-state index in [0.29, 0.717) is 0 Å². The minimum absolute atomic E-state index is 0.122. The van der Waals surface area contributed by atoms with Gasteiger partial charge in [0.15, 0.2) is 0 Å². The second-order valence-electron chi connectivity index (χ2n) is 5.59. The van der Waals surface area contributed by atoms with Crippen LogP contribution in [0, 0.1) is 0 Å². The first-order valence-corrected chi connectivity index (χ1v) is 8.79. The van der Waals surface area contributed by atoms with Crippen LogP contribution < -0.4 is 4.72 Å². The van der Waals surface area contributed by atoms with Crippen LogP contribution in [-0.4, -0.2) is 25.0 Å². The molecule has 0 bridgehead atoms. The third kappa shape index (κ3) is 3.71. The van der Waals surface area contributed by atoms with Crippen LogP contribution in [0.15, 0.2) is 33.3 Å². The second kappa shape index (κ2) is 6.44. The number of hydrogen-bond acceptors (Lipinski definition) is 4. The molecule has 0 radical (unpaired) electrons. The molecule has 0 spiro atoms. The van der Waals surface area contributed by atoms with Gasteiger partial charge in [0.25, 0.3) is 0 Å². The van der Waals surface area contributed by atoms with Crippen LogP contribution in [0.25, 0.3) is 0 Å². The maximum absolute atomic E-state index is 12.3. The molecule has 0 aromatic carbocycles. The first-order chi connectivity index (χ1) is 10.2. The minimum Gasteiger partial charge on any atom is -0.480 e. The van der Waals surface area contributed by atoms with Crippen LogP contribution in [0.2, 0.25) is 5.22 Å². The third-order valence-corrected chi connectivity index (χ3v) is 5.70. The number of halogens is 1. The molecule has 1 aliphatic rings. The topological polar surface area (TPSA) is 96.6 Å². The van der Waals surface area contributed by atoms with Gasteiger partial charge in [0.05, 0.1) is 6.26 Å². The van der Waals surface area contributed by atoms with Crippen LogP contribution in [0.4, 0.5) is 0 Å². The van der Waals surface area contributed by atoms with Crippen LogP contribution >= 0.6 is 11.6 Å². The number of sulfonamides is 1. The smallest absolute Gasteiger partial charge is 0.324 e. The molecule has 1 atom stereocenters. The minimum atomic E-state index is -4.08. The molecule has 0 fully saturated rings. The molecule has 22 heavy (non-hydrogen) atoms. The van der Waals surface area contributed by atoms with Crippen molar-refractivity contribution in [3.8, 4) is 0 Å². The summed E-state index contributed by atoms with van der Waals surface area (Å²) >= 11 is 5.68. The summed E-state index contributed by atoms with van der Waals surface area (Å²) < 4.78 is 31.7. The fourth-order valence-electron chi connectivity index (χ4n) is 2.50. The van der Waals surface area contributed by atoms with Crippen molar-refractivity contribution in [2.24, 2.45) is 0 Å². The van der Waals surface area contributed by atoms with E-state index in [1.165, 1.54) is 13.0 Å². The number of carbonyl (C=O) groups is 1. The summed E-state index contributed by atoms with van der Waals surface area (Å²) in [6, 6.07) is 1.19. The highest BCUT2D eigenvalue weighted by molar-refractivity contribution is 7.89. The Hall–Kier alpha value is -1.31. The van der Waals surface area contributed by atoms with Crippen molar-refractivity contribution in [2.75, 3.05) is 0 Å². The molecule has 0 aliphatic heterocycles. The van der Waals surface area contributed by atoms with Gasteiger partial charge in [-0.3, -0.25) is 4.79 Å². The molecule has 1 aromatic heterocycles. The van der Waals surface area contributed by atoms with E-state index in [0.717, 1.165) is 37.5 Å². The molecular weight excluding hydrogens is 330 g/mol. The Bertz CT molecular complexity index is 694. The summed E-state index contributed by atoms with van der Waals surface area (Å²) in [4.78, 5) is 11.4. The van der Waals surface area contributed by atoms with Crippen molar-refractivity contribution in [1.29, 1.82) is 0 Å². The molecule has 0 amide bonds. The highest BCUT2D eigenvalue weighted by Crippen LogP contribution is 2.29. The molecular formula is C14H18ClNO5S. The van der Waals surface area contributed by atoms with Crippen molar-refractivity contribution in [3.63, 3.8) is 0 Å². The number of nitrogens with one attached hydrogen (secondary N) is 1. The Balaban J connectivity index is 2.26. The Kier molecular flexibility index (Phi) is 4.99. The van der Waals surface area contributed by atoms with Crippen molar-refractivity contribution in [2.45, 2.75) is 49.5 Å². The summed E-state index contributed by atoms with van der Waals surface area (Å²) in [5.74, 6) is -1.23. The van der Waals surface area contributed by atoms with Crippen molar-refractivity contribution in [1.82, 2.24) is 4.72 Å². The van der Waals surface area contributed by atoms with E-state index < -0.39 is 21.5 Å². The lowest BCUT2D eigenvalue weighted by Gasteiger charge is -2.28. The van der Waals surface area contributed by atoms with Crippen LogP contribution in [0.5, 0.6) is 0 Å². The average Bonchev–Trinajstić information content (AvgIpc) is 2.86. The molecule has 1 unspecified atom stereocenters. The van der Waals surface area contributed by atoms with Crippen LogP contribution in [-0.2, 0) is 14.8 Å². The van der Waals surface area contributed by atoms with Gasteiger partial charge in [0.2, 0.25) is 15.2 Å². The Morgan fingerprint density at radius 3 is 2.73 bits per heavy atom. The molecule has 0 saturated heterocycles. The monoisotopic (exact) mass is 347 g/mol. The fourth-order valence-corrected chi connectivity index (χ4v) is 4.28. The van der Waals surface area contributed by atoms with Gasteiger partial charge in [-0.25, -0.2) is 8.42 Å². The van der Waals surface area contributed by atoms with E-state index >= 15 is 0 Å². The van der Waals surface area contributed by atoms with Crippen molar-refractivity contribution >= 4 is 27.6 Å². The summed E-state index contributed by atoms with van der Waals surface area (Å²) in [5, 5.41) is 9.19. The van der Waals surface area contributed by atoms with Gasteiger partial charge >= 0.3 is 5.97 Å². The maximum atomic E-state index is 12.3. The van der Waals surface area contributed by atoms with E-state index in [1.807, 2.05) is 6.08 Å². The zero-order valence-corrected chi connectivity index (χ0v) is 13.7. The quantitative estimate of drug-likeness (QED) is 0.771. The molecule has 8 heteroatoms. The number of furan rings is 1. The number of allylic oxidation sites excluding steroid dienone is 1. The van der Waals surface area contributed by atoms with Gasteiger partial charge in [0, 0.05) is 0 Å². The van der Waals surface area contributed by atoms with Gasteiger partial charge in [-0.1, -0.05) is 11.6 Å². The van der Waals surface area contributed by atoms with E-state index in [9.17, 15) is 18.3 Å². The highest BCUT2D eigenvalue weighted by Gasteiger charge is 2.39. The van der Waals surface area contributed by atoms with E-state index in [4.69, 9.17) is 16.0 Å². The predicted octanol–water partition coefficient (Wildman–Crippen LogP) is 2.95. The fraction of sp³-hybridized carbons (Fsp3) is 0.500. The van der Waals surface area contributed by atoms with E-state index in [1.54, 1.807) is 0 Å². The lowest BCUT2D eigenvalue weighted by Crippen LogP contribution is -2.52. The number of hydrogen-bond donors (Lipinski definition) is 2. The normalized spacial score (nSPS) is 18.5. The number of aliphatic carboxylic acids is 1. The summed E-state index contributed by atoms with van der Waals surface area (Å²) in [7, 11) is -4.08. The zero-order valence-electron chi connectivity index (χ0n) is 12.1. The highest BCUT2D eigenvalue weighted by atomic mass is 35.5. The molecule has 1 aromatic rings. The molecule has 1 heterocycles. The van der Waals surface area contributed by atoms with Crippen LogP contribution in [0.1, 0.15) is 39.0 Å². The molecule has 2 rings (SSSR count). The maximum Gasteiger partial charge on any atom is 0.324 e. The van der Waals surface area contributed by atoms with Gasteiger partial charge in [-0.05, 0) is 56.7 Å². The molecule has 1 aliphatic carbocycles. The number of rotatable bonds is 6. The Morgan fingerprint density at radius 2 is 2.23 bits per heavy atom. The summed E-state index contributed by atoms with van der Waals surface area (Å²) in [6.07, 6.45) is 6.99. The van der Waals surface area contributed by atoms with Gasteiger partial charge in [-0.15, -0.1) is 0 Å². The Labute approximate surface area is 134 Å². The average molecular weight is 348 g/mol. The first kappa shape index (κ1) is 17.1. The largest absolute Gasteiger partial charge is 0.480 e. The summed E-state index contributed by atoms with van der Waals surface area (Å²) in [5.41, 5.74) is -0.681. The lowest BCUT2D eigenvalue weighted by atomic mass is 9.88. The lowest BCUT2D eigenvalue weighted by molar-refractivity contribution is -0.143. The standard InChI is InChI=1S/C14H18ClNO5S/c1-14(13(17)18,9-10-5-3-2-4-6-10)16-22(19,20)11-7-8-21-12(11)15/h5,7-8,16H,2-4,6,9H2,1H3,(H,17,18). The molecule has 0 saturated carbocycles. The first-order valence-electron chi connectivity index (χ1n) is 6.93. The number of carboxylic acids is 1. The van der Waals surface area contributed by atoms with Crippen LogP contribution in [0.3, 0.4) is 0 Å². The van der Waals surface area contributed by atoms with Gasteiger partial charge in [0.1, 0.15) is 10.4 Å². The zero-order chi connectivity index (χ0) is 16.4. The number of carboxylic acid groups (broad SMARTS) is 1. The third-order valence-electron chi connectivity index (χ3n) is 3.67. The van der Waals surface area contributed by atoms with Crippen molar-refractivity contribution in [3.05, 3.63) is 29.2 Å². The van der Waals surface area contributed by atoms with E-state index in [-0.39, 0.29) is 16.5 Å². The summed E-state index contributed by atoms with van der Waals surface area (Å²) in [6.45, 7) is 1.36. The van der Waals surface area contributed by atoms with Gasteiger partial charge < -0.3 is 9.52 Å². The predicted molar refractivity (Wildman–Crippen MR) is 81.2 cm³/mol. The Morgan fingerprint density at radius 1 is 1.50 bits per heavy atom. The van der Waals surface area contributed by atoms with Gasteiger partial charge in [-0.2, -0.15) is 4.72 Å². The molecule has 122 valence electrons.